The third kappa shape index (κ3) is 3.45. The second-order valence-corrected chi connectivity index (χ2v) is 7.08. The highest BCUT2D eigenvalue weighted by Gasteiger charge is 2.32. The number of pyridine rings is 1. The highest BCUT2D eigenvalue weighted by Crippen LogP contribution is 2.22. The van der Waals surface area contributed by atoms with Gasteiger partial charge in [-0.3, -0.25) is 9.59 Å². The molecule has 0 spiro atoms. The van der Waals surface area contributed by atoms with E-state index in [0.717, 1.165) is 22.0 Å². The number of aryl methyl sites for hydroxylation is 1. The number of nitrogens with zero attached hydrogens (tertiary/aromatic N) is 2. The molecule has 1 amide bonds. The third-order valence-electron chi connectivity index (χ3n) is 5.20. The smallest absolute Gasteiger partial charge is 0.254 e. The maximum Gasteiger partial charge on any atom is 0.254 e. The van der Waals surface area contributed by atoms with Crippen LogP contribution in [-0.4, -0.2) is 34.6 Å². The zero-order valence-corrected chi connectivity index (χ0v) is 15.5. The summed E-state index contributed by atoms with van der Waals surface area (Å²) in [5.74, 6) is 0.674. The van der Waals surface area contributed by atoms with Crippen LogP contribution >= 0.6 is 0 Å². The number of hydrogen-bond acceptors (Lipinski definition) is 3. The number of fused-ring (bicyclic) bond motifs is 1. The van der Waals surface area contributed by atoms with E-state index in [1.54, 1.807) is 16.5 Å². The van der Waals surface area contributed by atoms with E-state index in [0.29, 0.717) is 25.3 Å². The molecular weight excluding hydrogens is 340 g/mol. The number of carbonyl (C=O) groups is 1. The van der Waals surface area contributed by atoms with Crippen molar-refractivity contribution in [3.05, 3.63) is 76.2 Å². The zero-order chi connectivity index (χ0) is 19.0. The predicted octanol–water partition coefficient (Wildman–Crippen LogP) is 2.68. The number of aromatic nitrogens is 1. The van der Waals surface area contributed by atoms with Crippen molar-refractivity contribution in [2.45, 2.75) is 19.4 Å². The summed E-state index contributed by atoms with van der Waals surface area (Å²) in [5.41, 5.74) is 1.80. The van der Waals surface area contributed by atoms with Gasteiger partial charge in [0, 0.05) is 18.8 Å². The first-order chi connectivity index (χ1) is 13.0. The molecule has 5 nitrogen and oxygen atoms in total. The van der Waals surface area contributed by atoms with Crippen LogP contribution < -0.4 is 10.3 Å². The van der Waals surface area contributed by atoms with E-state index in [-0.39, 0.29) is 17.6 Å². The number of benzene rings is 2. The first-order valence-corrected chi connectivity index (χ1v) is 9.10. The first-order valence-electron chi connectivity index (χ1n) is 9.10. The second kappa shape index (κ2) is 6.91. The number of likely N-dealkylation sites (tertiary alicyclic amines) is 1. The minimum Gasteiger partial charge on any atom is -0.486 e. The molecule has 0 bridgehead atoms. The highest BCUT2D eigenvalue weighted by molar-refractivity contribution is 5.90. The van der Waals surface area contributed by atoms with Crippen LogP contribution in [0.1, 0.15) is 11.3 Å². The van der Waals surface area contributed by atoms with Crippen LogP contribution in [-0.2, 0) is 18.3 Å². The summed E-state index contributed by atoms with van der Waals surface area (Å²) in [6.07, 6.45) is 0.326. The van der Waals surface area contributed by atoms with Crippen molar-refractivity contribution in [3.63, 3.8) is 0 Å². The minimum absolute atomic E-state index is 0.0621. The Morgan fingerprint density at radius 3 is 2.63 bits per heavy atom. The Hall–Kier alpha value is -3.08. The van der Waals surface area contributed by atoms with Gasteiger partial charge < -0.3 is 14.2 Å². The summed E-state index contributed by atoms with van der Waals surface area (Å²) in [4.78, 5) is 26.3. The highest BCUT2D eigenvalue weighted by atomic mass is 16.5. The molecule has 0 aliphatic carbocycles. The van der Waals surface area contributed by atoms with Crippen molar-refractivity contribution in [1.29, 1.82) is 0 Å². The quantitative estimate of drug-likeness (QED) is 0.717. The van der Waals surface area contributed by atoms with Crippen LogP contribution in [0, 0.1) is 6.92 Å². The molecule has 27 heavy (non-hydrogen) atoms. The largest absolute Gasteiger partial charge is 0.486 e. The van der Waals surface area contributed by atoms with Gasteiger partial charge in [0.1, 0.15) is 11.9 Å². The Morgan fingerprint density at radius 1 is 1.11 bits per heavy atom. The fraction of sp³-hybridized carbons (Fsp3) is 0.273. The Morgan fingerprint density at radius 2 is 1.85 bits per heavy atom. The average Bonchev–Trinajstić information content (AvgIpc) is 2.62. The van der Waals surface area contributed by atoms with E-state index in [4.69, 9.17) is 4.74 Å². The van der Waals surface area contributed by atoms with Crippen molar-refractivity contribution in [3.8, 4) is 5.75 Å². The van der Waals surface area contributed by atoms with Gasteiger partial charge in [-0.1, -0.05) is 42.5 Å². The molecule has 2 heterocycles. The maximum atomic E-state index is 12.6. The summed E-state index contributed by atoms with van der Waals surface area (Å²) >= 11 is 0. The van der Waals surface area contributed by atoms with Crippen LogP contribution in [0.25, 0.3) is 10.8 Å². The molecule has 0 N–H and O–H groups in total. The standard InChI is InChI=1S/C22H22N2O3/c1-15-10-18(12-21(25)23(15)2)27-19-13-24(14-19)22(26)11-17-8-5-7-16-6-3-4-9-20(16)17/h3-10,12,19H,11,13-14H2,1-2H3. The molecule has 2 aromatic carbocycles. The summed E-state index contributed by atoms with van der Waals surface area (Å²) in [5, 5.41) is 2.27. The molecule has 0 radical (unpaired) electrons. The van der Waals surface area contributed by atoms with E-state index >= 15 is 0 Å². The predicted molar refractivity (Wildman–Crippen MR) is 105 cm³/mol. The lowest BCUT2D eigenvalue weighted by molar-refractivity contribution is -0.139. The van der Waals surface area contributed by atoms with Crippen LogP contribution in [0.2, 0.25) is 0 Å². The van der Waals surface area contributed by atoms with Gasteiger partial charge in [0.15, 0.2) is 0 Å². The minimum atomic E-state index is -0.0896. The summed E-state index contributed by atoms with van der Waals surface area (Å²) in [6.45, 7) is 2.98. The van der Waals surface area contributed by atoms with Gasteiger partial charge in [0.05, 0.1) is 19.5 Å². The molecule has 4 rings (SSSR count). The molecule has 0 saturated carbocycles. The van der Waals surface area contributed by atoms with Crippen molar-refractivity contribution in [2.75, 3.05) is 13.1 Å². The summed E-state index contributed by atoms with van der Waals surface area (Å²) in [6, 6.07) is 17.5. The van der Waals surface area contributed by atoms with Crippen LogP contribution in [0.15, 0.2) is 59.4 Å². The zero-order valence-electron chi connectivity index (χ0n) is 15.5. The topological polar surface area (TPSA) is 51.5 Å². The Kier molecular flexibility index (Phi) is 4.44. The van der Waals surface area contributed by atoms with Crippen LogP contribution in [0.3, 0.4) is 0 Å². The second-order valence-electron chi connectivity index (χ2n) is 7.08. The SMILES string of the molecule is Cc1cc(OC2CN(C(=O)Cc3cccc4ccccc34)C2)cc(=O)n1C. The lowest BCUT2D eigenvalue weighted by atomic mass is 10.0. The molecule has 3 aromatic rings. The molecular formula is C22H22N2O3. The van der Waals surface area contributed by atoms with Crippen molar-refractivity contribution in [1.82, 2.24) is 9.47 Å². The van der Waals surface area contributed by atoms with Gasteiger partial charge in [0.2, 0.25) is 5.91 Å². The van der Waals surface area contributed by atoms with Crippen molar-refractivity contribution < 1.29 is 9.53 Å². The number of ether oxygens (including phenoxy) is 1. The van der Waals surface area contributed by atoms with E-state index < -0.39 is 0 Å². The molecule has 1 aromatic heterocycles. The molecule has 0 atom stereocenters. The lowest BCUT2D eigenvalue weighted by Crippen LogP contribution is -2.56. The van der Waals surface area contributed by atoms with E-state index in [1.165, 1.54) is 6.07 Å². The van der Waals surface area contributed by atoms with Crippen molar-refractivity contribution in [2.24, 2.45) is 7.05 Å². The van der Waals surface area contributed by atoms with Gasteiger partial charge in [-0.25, -0.2) is 0 Å². The van der Waals surface area contributed by atoms with Crippen LogP contribution in [0.4, 0.5) is 0 Å². The molecule has 1 saturated heterocycles. The molecule has 0 unspecified atom stereocenters. The van der Waals surface area contributed by atoms with E-state index in [9.17, 15) is 9.59 Å². The Labute approximate surface area is 157 Å². The van der Waals surface area contributed by atoms with E-state index in [1.807, 2.05) is 37.3 Å². The third-order valence-corrected chi connectivity index (χ3v) is 5.20. The first kappa shape index (κ1) is 17.3. The molecule has 1 fully saturated rings. The normalized spacial score (nSPS) is 14.2. The summed E-state index contributed by atoms with van der Waals surface area (Å²) < 4.78 is 7.44. The summed E-state index contributed by atoms with van der Waals surface area (Å²) in [7, 11) is 1.73. The van der Waals surface area contributed by atoms with E-state index in [2.05, 4.69) is 18.2 Å². The number of amides is 1. The Bertz CT molecular complexity index is 1060. The fourth-order valence-electron chi connectivity index (χ4n) is 3.43. The number of hydrogen-bond donors (Lipinski definition) is 0. The lowest BCUT2D eigenvalue weighted by Gasteiger charge is -2.39. The van der Waals surface area contributed by atoms with Gasteiger partial charge in [-0.15, -0.1) is 0 Å². The van der Waals surface area contributed by atoms with Crippen LogP contribution in [0.5, 0.6) is 5.75 Å². The average molecular weight is 362 g/mol. The molecule has 138 valence electrons. The number of rotatable bonds is 4. The number of carbonyl (C=O) groups excluding carboxylic acids is 1. The molecule has 5 heteroatoms. The molecule has 1 aliphatic rings. The van der Waals surface area contributed by atoms with Crippen molar-refractivity contribution >= 4 is 16.7 Å². The monoisotopic (exact) mass is 362 g/mol. The van der Waals surface area contributed by atoms with Gasteiger partial charge >= 0.3 is 0 Å². The fourth-order valence-corrected chi connectivity index (χ4v) is 3.43. The maximum absolute atomic E-state index is 12.6. The molecule has 1 aliphatic heterocycles. The van der Waals surface area contributed by atoms with Gasteiger partial charge in [0.25, 0.3) is 5.56 Å². The van der Waals surface area contributed by atoms with Gasteiger partial charge in [-0.05, 0) is 29.3 Å². The van der Waals surface area contributed by atoms with Gasteiger partial charge in [-0.2, -0.15) is 0 Å². The Balaban J connectivity index is 1.38.